The quantitative estimate of drug-likeness (QED) is 0.666. The predicted octanol–water partition coefficient (Wildman–Crippen LogP) is 2.23. The molecule has 0 atom stereocenters. The molecule has 0 saturated heterocycles. The van der Waals surface area contributed by atoms with Gasteiger partial charge in [-0.25, -0.2) is 0 Å². The minimum absolute atomic E-state index is 0.286. The molecule has 1 aromatic carbocycles. The summed E-state index contributed by atoms with van der Waals surface area (Å²) in [6.07, 6.45) is 3.51. The van der Waals surface area contributed by atoms with Gasteiger partial charge in [0, 0.05) is 13.2 Å². The fourth-order valence-corrected chi connectivity index (χ4v) is 1.90. The van der Waals surface area contributed by atoms with Crippen molar-refractivity contribution in [2.75, 3.05) is 33.4 Å². The maximum absolute atomic E-state index is 8.70. The van der Waals surface area contributed by atoms with Crippen molar-refractivity contribution in [2.24, 2.45) is 0 Å². The Morgan fingerprint density at radius 3 is 2.55 bits per heavy atom. The average Bonchev–Trinajstić information content (AvgIpc) is 2.46. The van der Waals surface area contributed by atoms with Crippen LogP contribution >= 0.6 is 0 Å². The van der Waals surface area contributed by atoms with Gasteiger partial charge in [-0.05, 0) is 50.6 Å². The highest BCUT2D eigenvalue weighted by Crippen LogP contribution is 2.12. The molecule has 0 aromatic heterocycles. The molecule has 0 aliphatic rings. The number of aliphatic hydroxyl groups excluding tert-OH is 1. The van der Waals surface area contributed by atoms with Crippen LogP contribution in [0.4, 0.5) is 0 Å². The van der Waals surface area contributed by atoms with Crippen LogP contribution in [-0.2, 0) is 6.42 Å². The number of aliphatic hydroxyl groups is 1. The predicted molar refractivity (Wildman–Crippen MR) is 79.7 cm³/mol. The zero-order chi connectivity index (χ0) is 14.6. The van der Waals surface area contributed by atoms with Crippen molar-refractivity contribution in [3.8, 4) is 11.8 Å². The molecule has 1 N–H and O–H groups in total. The second-order valence-corrected chi connectivity index (χ2v) is 4.91. The third kappa shape index (κ3) is 7.13. The number of likely N-dealkylation sites (N-methyl/N-ethyl adjacent to an activating group) is 1. The van der Waals surface area contributed by atoms with Gasteiger partial charge in [0.15, 0.2) is 0 Å². The third-order valence-corrected chi connectivity index (χ3v) is 3.15. The largest absolute Gasteiger partial charge is 0.492 e. The molecule has 0 saturated carbocycles. The van der Waals surface area contributed by atoms with Crippen LogP contribution in [0.1, 0.15) is 24.8 Å². The fourth-order valence-electron chi connectivity index (χ4n) is 1.90. The third-order valence-electron chi connectivity index (χ3n) is 3.15. The molecule has 0 fully saturated rings. The van der Waals surface area contributed by atoms with Crippen molar-refractivity contribution in [3.05, 3.63) is 29.8 Å². The molecule has 1 aromatic rings. The van der Waals surface area contributed by atoms with Crippen molar-refractivity contribution in [1.82, 2.24) is 4.90 Å². The summed E-state index contributed by atoms with van der Waals surface area (Å²) in [6.45, 7) is 2.87. The Bertz CT molecular complexity index is 398. The lowest BCUT2D eigenvalue weighted by Gasteiger charge is -2.16. The molecule has 0 aliphatic heterocycles. The summed E-state index contributed by atoms with van der Waals surface area (Å²) in [7, 11) is 2.08. The van der Waals surface area contributed by atoms with E-state index in [2.05, 4.69) is 18.0 Å². The molecule has 0 spiro atoms. The van der Waals surface area contributed by atoms with Crippen molar-refractivity contribution < 1.29 is 9.84 Å². The Balaban J connectivity index is 2.15. The van der Waals surface area contributed by atoms with E-state index in [1.165, 1.54) is 0 Å². The molecule has 0 bridgehead atoms. The van der Waals surface area contributed by atoms with Crippen LogP contribution in [0.25, 0.3) is 0 Å². The van der Waals surface area contributed by atoms with E-state index in [0.717, 1.165) is 43.7 Å². The molecule has 0 radical (unpaired) electrons. The van der Waals surface area contributed by atoms with Gasteiger partial charge < -0.3 is 14.7 Å². The van der Waals surface area contributed by atoms with Gasteiger partial charge in [-0.15, -0.1) is 0 Å². The standard InChI is InChI=1S/C16H24N2O2/c1-18(11-3-2-4-13-19)12-14-20-16-7-5-15(6-8-16)9-10-17/h5-8,19H,2-4,9,11-14H2,1H3. The lowest BCUT2D eigenvalue weighted by atomic mass is 10.2. The van der Waals surface area contributed by atoms with Crippen LogP contribution in [0.5, 0.6) is 5.75 Å². The summed E-state index contributed by atoms with van der Waals surface area (Å²) < 4.78 is 5.67. The minimum Gasteiger partial charge on any atom is -0.492 e. The Morgan fingerprint density at radius 1 is 1.15 bits per heavy atom. The Hall–Kier alpha value is -1.57. The van der Waals surface area contributed by atoms with Crippen molar-refractivity contribution in [3.63, 3.8) is 0 Å². The summed E-state index contributed by atoms with van der Waals surface area (Å²) in [6, 6.07) is 9.80. The van der Waals surface area contributed by atoms with Crippen LogP contribution in [0.15, 0.2) is 24.3 Å². The number of nitrogens with zero attached hydrogens (tertiary/aromatic N) is 2. The van der Waals surface area contributed by atoms with Crippen LogP contribution in [0, 0.1) is 11.3 Å². The molecule has 1 rings (SSSR count). The molecule has 0 unspecified atom stereocenters. The zero-order valence-electron chi connectivity index (χ0n) is 12.2. The second kappa shape index (κ2) is 10.2. The van der Waals surface area contributed by atoms with Gasteiger partial charge >= 0.3 is 0 Å². The first-order valence-corrected chi connectivity index (χ1v) is 7.14. The highest BCUT2D eigenvalue weighted by molar-refractivity contribution is 5.28. The summed E-state index contributed by atoms with van der Waals surface area (Å²) in [5, 5.41) is 17.3. The molecular weight excluding hydrogens is 252 g/mol. The number of rotatable bonds is 10. The summed E-state index contributed by atoms with van der Waals surface area (Å²) in [5.41, 5.74) is 1.01. The highest BCUT2D eigenvalue weighted by Gasteiger charge is 2.00. The monoisotopic (exact) mass is 276 g/mol. The fraction of sp³-hybridized carbons (Fsp3) is 0.562. The first-order valence-electron chi connectivity index (χ1n) is 7.14. The van der Waals surface area contributed by atoms with E-state index in [1.54, 1.807) is 0 Å². The normalized spacial score (nSPS) is 10.5. The molecular formula is C16H24N2O2. The first-order chi connectivity index (χ1) is 9.76. The first kappa shape index (κ1) is 16.5. The van der Waals surface area contributed by atoms with E-state index >= 15 is 0 Å². The molecule has 0 heterocycles. The van der Waals surface area contributed by atoms with E-state index in [4.69, 9.17) is 15.1 Å². The van der Waals surface area contributed by atoms with E-state index in [9.17, 15) is 0 Å². The second-order valence-electron chi connectivity index (χ2n) is 4.91. The van der Waals surface area contributed by atoms with E-state index in [1.807, 2.05) is 24.3 Å². The molecule has 4 nitrogen and oxygen atoms in total. The number of hydrogen-bond acceptors (Lipinski definition) is 4. The number of hydrogen-bond donors (Lipinski definition) is 1. The number of benzene rings is 1. The van der Waals surface area contributed by atoms with Crippen LogP contribution < -0.4 is 4.74 Å². The number of unbranched alkanes of at least 4 members (excludes halogenated alkanes) is 2. The highest BCUT2D eigenvalue weighted by atomic mass is 16.5. The van der Waals surface area contributed by atoms with Gasteiger partial charge in [-0.3, -0.25) is 0 Å². The number of ether oxygens (including phenoxy) is 1. The van der Waals surface area contributed by atoms with Crippen LogP contribution in [0.2, 0.25) is 0 Å². The summed E-state index contributed by atoms with van der Waals surface area (Å²) in [5.74, 6) is 0.848. The lowest BCUT2D eigenvalue weighted by Crippen LogP contribution is -2.25. The summed E-state index contributed by atoms with van der Waals surface area (Å²) in [4.78, 5) is 2.24. The number of nitriles is 1. The van der Waals surface area contributed by atoms with Crippen LogP contribution in [-0.4, -0.2) is 43.4 Å². The van der Waals surface area contributed by atoms with Gasteiger partial charge in [-0.1, -0.05) is 12.1 Å². The van der Waals surface area contributed by atoms with Crippen molar-refractivity contribution >= 4 is 0 Å². The SMILES string of the molecule is CN(CCCCCO)CCOc1ccc(CC#N)cc1. The van der Waals surface area contributed by atoms with E-state index in [0.29, 0.717) is 13.0 Å². The van der Waals surface area contributed by atoms with Gasteiger partial charge in [0.1, 0.15) is 12.4 Å². The molecule has 0 aliphatic carbocycles. The van der Waals surface area contributed by atoms with Gasteiger partial charge in [0.2, 0.25) is 0 Å². The van der Waals surface area contributed by atoms with Gasteiger partial charge in [-0.2, -0.15) is 5.26 Å². The Morgan fingerprint density at radius 2 is 1.90 bits per heavy atom. The summed E-state index contributed by atoms with van der Waals surface area (Å²) >= 11 is 0. The van der Waals surface area contributed by atoms with Crippen LogP contribution in [0.3, 0.4) is 0 Å². The van der Waals surface area contributed by atoms with E-state index < -0.39 is 0 Å². The average molecular weight is 276 g/mol. The van der Waals surface area contributed by atoms with E-state index in [-0.39, 0.29) is 6.61 Å². The Labute approximate surface area is 121 Å². The molecule has 110 valence electrons. The van der Waals surface area contributed by atoms with Crippen molar-refractivity contribution in [1.29, 1.82) is 5.26 Å². The maximum Gasteiger partial charge on any atom is 0.119 e. The molecule has 20 heavy (non-hydrogen) atoms. The van der Waals surface area contributed by atoms with Crippen molar-refractivity contribution in [2.45, 2.75) is 25.7 Å². The molecule has 0 amide bonds. The van der Waals surface area contributed by atoms with Gasteiger partial charge in [0.25, 0.3) is 0 Å². The minimum atomic E-state index is 0.286. The molecule has 4 heteroatoms. The van der Waals surface area contributed by atoms with Gasteiger partial charge in [0.05, 0.1) is 12.5 Å². The lowest BCUT2D eigenvalue weighted by molar-refractivity contribution is 0.230. The Kier molecular flexibility index (Phi) is 8.44. The smallest absolute Gasteiger partial charge is 0.119 e. The maximum atomic E-state index is 8.70. The topological polar surface area (TPSA) is 56.5 Å². The zero-order valence-corrected chi connectivity index (χ0v) is 12.2.